The second kappa shape index (κ2) is 8.11. The number of carboxylic acid groups (broad SMARTS) is 1. The van der Waals surface area contributed by atoms with Gasteiger partial charge in [0.25, 0.3) is 0 Å². The van der Waals surface area contributed by atoms with Gasteiger partial charge in [0, 0.05) is 32.6 Å². The van der Waals surface area contributed by atoms with Gasteiger partial charge in [-0.25, -0.2) is 4.79 Å². The largest absolute Gasteiger partial charge is 0.480 e. The lowest BCUT2D eigenvalue weighted by atomic mass is 10.1. The molecule has 20 heavy (non-hydrogen) atoms. The fourth-order valence-electron chi connectivity index (χ4n) is 1.60. The molecule has 0 aromatic carbocycles. The fourth-order valence-corrected chi connectivity index (χ4v) is 1.60. The highest BCUT2D eigenvalue weighted by atomic mass is 16.5. The molecular weight excluding hydrogens is 262 g/mol. The minimum Gasteiger partial charge on any atom is -0.480 e. The van der Waals surface area contributed by atoms with Crippen LogP contribution < -0.4 is 5.32 Å². The van der Waals surface area contributed by atoms with Gasteiger partial charge in [0.15, 0.2) is 0 Å². The first-order chi connectivity index (χ1) is 9.54. The van der Waals surface area contributed by atoms with Gasteiger partial charge in [0.05, 0.1) is 6.61 Å². The molecule has 0 saturated heterocycles. The summed E-state index contributed by atoms with van der Waals surface area (Å²) in [7, 11) is 1.50. The lowest BCUT2D eigenvalue weighted by molar-refractivity contribution is -0.137. The summed E-state index contributed by atoms with van der Waals surface area (Å²) in [6.45, 7) is 2.38. The topological polar surface area (TPSA) is 91.8 Å². The Hall–Kier alpha value is -2.15. The highest BCUT2D eigenvalue weighted by Gasteiger charge is 2.16. The number of carbonyl (C=O) groups is 2. The minimum absolute atomic E-state index is 0.226. The molecule has 7 heteroatoms. The lowest BCUT2D eigenvalue weighted by Gasteiger charge is -2.21. The van der Waals surface area contributed by atoms with Crippen LogP contribution in [0.15, 0.2) is 18.5 Å². The summed E-state index contributed by atoms with van der Waals surface area (Å²) in [5.41, 5.74) is 1.91. The van der Waals surface area contributed by atoms with E-state index in [1.165, 1.54) is 12.0 Å². The summed E-state index contributed by atoms with van der Waals surface area (Å²) < 4.78 is 4.86. The first kappa shape index (κ1) is 15.9. The SMILES string of the molecule is COCCN(CC(=O)O)C(=O)NCc1ccncc1C. The van der Waals surface area contributed by atoms with E-state index < -0.39 is 12.0 Å². The Labute approximate surface area is 117 Å². The molecule has 1 aromatic heterocycles. The molecule has 2 amide bonds. The molecule has 0 atom stereocenters. The van der Waals surface area contributed by atoms with E-state index in [2.05, 4.69) is 10.3 Å². The molecule has 0 unspecified atom stereocenters. The summed E-state index contributed by atoms with van der Waals surface area (Å²) in [5, 5.41) is 11.5. The second-order valence-corrected chi connectivity index (χ2v) is 4.27. The number of aryl methyl sites for hydroxylation is 1. The van der Waals surface area contributed by atoms with Crippen LogP contribution in [0.5, 0.6) is 0 Å². The van der Waals surface area contributed by atoms with Crippen molar-refractivity contribution in [1.29, 1.82) is 0 Å². The number of methoxy groups -OCH3 is 1. The quantitative estimate of drug-likeness (QED) is 0.765. The molecule has 0 aliphatic rings. The maximum Gasteiger partial charge on any atom is 0.323 e. The Morgan fingerprint density at radius 3 is 2.85 bits per heavy atom. The van der Waals surface area contributed by atoms with Gasteiger partial charge in [-0.05, 0) is 24.1 Å². The Kier molecular flexibility index (Phi) is 6.45. The number of aliphatic carboxylic acids is 1. The van der Waals surface area contributed by atoms with Crippen LogP contribution >= 0.6 is 0 Å². The van der Waals surface area contributed by atoms with E-state index in [4.69, 9.17) is 9.84 Å². The van der Waals surface area contributed by atoms with Crippen LogP contribution in [0.4, 0.5) is 4.79 Å². The smallest absolute Gasteiger partial charge is 0.323 e. The predicted molar refractivity (Wildman–Crippen MR) is 72.3 cm³/mol. The lowest BCUT2D eigenvalue weighted by Crippen LogP contribution is -2.44. The van der Waals surface area contributed by atoms with Gasteiger partial charge >= 0.3 is 12.0 Å². The third-order valence-corrected chi connectivity index (χ3v) is 2.75. The van der Waals surface area contributed by atoms with Gasteiger partial charge in [-0.1, -0.05) is 0 Å². The molecule has 0 radical (unpaired) electrons. The van der Waals surface area contributed by atoms with Gasteiger partial charge in [0.2, 0.25) is 0 Å². The summed E-state index contributed by atoms with van der Waals surface area (Å²) in [6.07, 6.45) is 3.36. The van der Waals surface area contributed by atoms with E-state index in [0.29, 0.717) is 6.54 Å². The molecule has 0 saturated carbocycles. The zero-order valence-electron chi connectivity index (χ0n) is 11.6. The van der Waals surface area contributed by atoms with Gasteiger partial charge < -0.3 is 20.1 Å². The van der Waals surface area contributed by atoms with E-state index in [9.17, 15) is 9.59 Å². The van der Waals surface area contributed by atoms with Gasteiger partial charge in [0.1, 0.15) is 6.54 Å². The summed E-state index contributed by atoms with van der Waals surface area (Å²) in [4.78, 5) is 27.9. The number of rotatable bonds is 7. The number of carbonyl (C=O) groups excluding carboxylic acids is 1. The van der Waals surface area contributed by atoms with Crippen molar-refractivity contribution in [3.05, 3.63) is 29.6 Å². The van der Waals surface area contributed by atoms with Crippen molar-refractivity contribution in [3.8, 4) is 0 Å². The number of hydrogen-bond donors (Lipinski definition) is 2. The number of amides is 2. The number of pyridine rings is 1. The first-order valence-electron chi connectivity index (χ1n) is 6.17. The fraction of sp³-hybridized carbons (Fsp3) is 0.462. The highest BCUT2D eigenvalue weighted by molar-refractivity contribution is 5.80. The third-order valence-electron chi connectivity index (χ3n) is 2.75. The van der Waals surface area contributed by atoms with E-state index in [1.807, 2.05) is 13.0 Å². The van der Waals surface area contributed by atoms with Crippen LogP contribution in [0.1, 0.15) is 11.1 Å². The molecule has 1 heterocycles. The van der Waals surface area contributed by atoms with Crippen molar-refractivity contribution in [2.24, 2.45) is 0 Å². The van der Waals surface area contributed by atoms with Crippen LogP contribution in [-0.4, -0.2) is 53.8 Å². The van der Waals surface area contributed by atoms with E-state index in [-0.39, 0.29) is 19.7 Å². The normalized spacial score (nSPS) is 10.1. The molecular formula is C13H19N3O4. The summed E-state index contributed by atoms with van der Waals surface area (Å²) >= 11 is 0. The molecule has 2 N–H and O–H groups in total. The standard InChI is InChI=1S/C13H19N3O4/c1-10-7-14-4-3-11(10)8-15-13(19)16(5-6-20-2)9-12(17)18/h3-4,7H,5-6,8-9H2,1-2H3,(H,15,19)(H,17,18). The van der Waals surface area contributed by atoms with Gasteiger partial charge in [-0.2, -0.15) is 0 Å². The zero-order chi connectivity index (χ0) is 15.0. The zero-order valence-corrected chi connectivity index (χ0v) is 11.6. The highest BCUT2D eigenvalue weighted by Crippen LogP contribution is 2.04. The number of nitrogens with one attached hydrogen (secondary N) is 1. The monoisotopic (exact) mass is 281 g/mol. The Bertz CT molecular complexity index is 465. The van der Waals surface area contributed by atoms with Crippen molar-refractivity contribution >= 4 is 12.0 Å². The Morgan fingerprint density at radius 1 is 1.50 bits per heavy atom. The molecule has 1 aromatic rings. The van der Waals surface area contributed by atoms with Crippen LogP contribution in [0.25, 0.3) is 0 Å². The number of urea groups is 1. The maximum atomic E-state index is 11.9. The molecule has 1 rings (SSSR count). The number of nitrogens with zero attached hydrogens (tertiary/aromatic N) is 2. The van der Waals surface area contributed by atoms with Crippen LogP contribution in [0.3, 0.4) is 0 Å². The second-order valence-electron chi connectivity index (χ2n) is 4.27. The molecule has 0 aliphatic heterocycles. The number of aromatic nitrogens is 1. The van der Waals surface area contributed by atoms with Crippen molar-refractivity contribution in [2.75, 3.05) is 26.8 Å². The number of ether oxygens (including phenoxy) is 1. The number of carboxylic acids is 1. The maximum absolute atomic E-state index is 11.9. The number of hydrogen-bond acceptors (Lipinski definition) is 4. The minimum atomic E-state index is -1.06. The van der Waals surface area contributed by atoms with E-state index in [1.54, 1.807) is 12.4 Å². The molecule has 0 aliphatic carbocycles. The molecule has 0 bridgehead atoms. The summed E-state index contributed by atoms with van der Waals surface area (Å²) in [5.74, 6) is -1.06. The third kappa shape index (κ3) is 5.23. The van der Waals surface area contributed by atoms with Gasteiger partial charge in [-0.15, -0.1) is 0 Å². The van der Waals surface area contributed by atoms with Crippen LogP contribution in [0.2, 0.25) is 0 Å². The van der Waals surface area contributed by atoms with E-state index >= 15 is 0 Å². The van der Waals surface area contributed by atoms with Crippen LogP contribution in [-0.2, 0) is 16.1 Å². The van der Waals surface area contributed by atoms with E-state index in [0.717, 1.165) is 11.1 Å². The predicted octanol–water partition coefficient (Wildman–Crippen LogP) is 0.633. The van der Waals surface area contributed by atoms with Crippen molar-refractivity contribution in [3.63, 3.8) is 0 Å². The molecule has 110 valence electrons. The molecule has 0 spiro atoms. The van der Waals surface area contributed by atoms with Crippen molar-refractivity contribution in [2.45, 2.75) is 13.5 Å². The van der Waals surface area contributed by atoms with Crippen molar-refractivity contribution in [1.82, 2.24) is 15.2 Å². The molecule has 0 fully saturated rings. The summed E-state index contributed by atoms with van der Waals surface area (Å²) in [6, 6.07) is 1.38. The first-order valence-corrected chi connectivity index (χ1v) is 6.17. The average Bonchev–Trinajstić information content (AvgIpc) is 2.41. The van der Waals surface area contributed by atoms with Gasteiger partial charge in [-0.3, -0.25) is 9.78 Å². The van der Waals surface area contributed by atoms with Crippen LogP contribution in [0, 0.1) is 6.92 Å². The average molecular weight is 281 g/mol. The Morgan fingerprint density at radius 2 is 2.25 bits per heavy atom. The Balaban J connectivity index is 2.57. The van der Waals surface area contributed by atoms with Crippen molar-refractivity contribution < 1.29 is 19.4 Å². The molecule has 7 nitrogen and oxygen atoms in total.